The largest absolute Gasteiger partial charge is 0.254 e. The molecule has 0 atom stereocenters. The summed E-state index contributed by atoms with van der Waals surface area (Å²) in [7, 11) is 0. The molecule has 0 radical (unpaired) electrons. The van der Waals surface area contributed by atoms with Crippen molar-refractivity contribution in [2.24, 2.45) is 5.92 Å². The van der Waals surface area contributed by atoms with E-state index in [0.717, 1.165) is 17.6 Å². The summed E-state index contributed by atoms with van der Waals surface area (Å²) in [5, 5.41) is 1.17. The van der Waals surface area contributed by atoms with Crippen molar-refractivity contribution in [3.8, 4) is 11.3 Å². The van der Waals surface area contributed by atoms with Crippen LogP contribution in [0, 0.1) is 19.8 Å². The fourth-order valence-corrected chi connectivity index (χ4v) is 2.94. The predicted octanol–water partition coefficient (Wildman–Crippen LogP) is 5.11. The smallest absolute Gasteiger partial charge is 0.0885 e. The SMILES string of the molecule is Cc1cc(C)cc(-c2cc3cc(CC(C)C)cnc3cn2)c1. The maximum atomic E-state index is 4.59. The minimum atomic E-state index is 0.639. The van der Waals surface area contributed by atoms with Gasteiger partial charge in [0.25, 0.3) is 0 Å². The Morgan fingerprint density at radius 2 is 1.59 bits per heavy atom. The van der Waals surface area contributed by atoms with Gasteiger partial charge in [-0.1, -0.05) is 31.0 Å². The first kappa shape index (κ1) is 14.7. The number of hydrogen-bond donors (Lipinski definition) is 0. The van der Waals surface area contributed by atoms with E-state index in [4.69, 9.17) is 0 Å². The Kier molecular flexibility index (Phi) is 3.93. The highest BCUT2D eigenvalue weighted by Gasteiger charge is 2.05. The van der Waals surface area contributed by atoms with E-state index in [1.165, 1.54) is 27.6 Å². The van der Waals surface area contributed by atoms with Crippen molar-refractivity contribution in [3.05, 3.63) is 59.4 Å². The molecule has 0 aliphatic carbocycles. The lowest BCUT2D eigenvalue weighted by atomic mass is 10.0. The van der Waals surface area contributed by atoms with Gasteiger partial charge in [0.15, 0.2) is 0 Å². The van der Waals surface area contributed by atoms with Crippen LogP contribution in [0.5, 0.6) is 0 Å². The van der Waals surface area contributed by atoms with Gasteiger partial charge in [-0.15, -0.1) is 0 Å². The third kappa shape index (κ3) is 3.16. The summed E-state index contributed by atoms with van der Waals surface area (Å²) < 4.78 is 0. The van der Waals surface area contributed by atoms with Crippen molar-refractivity contribution < 1.29 is 0 Å². The molecule has 112 valence electrons. The molecule has 0 amide bonds. The Morgan fingerprint density at radius 3 is 2.27 bits per heavy atom. The summed E-state index contributed by atoms with van der Waals surface area (Å²) in [6.07, 6.45) is 4.91. The molecule has 0 bridgehead atoms. The van der Waals surface area contributed by atoms with E-state index in [1.807, 2.05) is 12.4 Å². The van der Waals surface area contributed by atoms with Crippen LogP contribution in [0.2, 0.25) is 0 Å². The Morgan fingerprint density at radius 1 is 0.864 bits per heavy atom. The van der Waals surface area contributed by atoms with Gasteiger partial charge in [-0.2, -0.15) is 0 Å². The molecule has 0 spiro atoms. The van der Waals surface area contributed by atoms with Gasteiger partial charge >= 0.3 is 0 Å². The van der Waals surface area contributed by atoms with Gasteiger partial charge in [0.05, 0.1) is 17.4 Å². The number of aromatic nitrogens is 2. The van der Waals surface area contributed by atoms with Crippen LogP contribution in [-0.2, 0) is 6.42 Å². The van der Waals surface area contributed by atoms with Gasteiger partial charge in [-0.3, -0.25) is 9.97 Å². The number of pyridine rings is 2. The fourth-order valence-electron chi connectivity index (χ4n) is 2.94. The van der Waals surface area contributed by atoms with E-state index in [2.05, 4.69) is 68.0 Å². The van der Waals surface area contributed by atoms with Gasteiger partial charge in [0.2, 0.25) is 0 Å². The molecule has 0 aliphatic rings. The van der Waals surface area contributed by atoms with Gasteiger partial charge < -0.3 is 0 Å². The number of nitrogens with zero attached hydrogens (tertiary/aromatic N) is 2. The lowest BCUT2D eigenvalue weighted by molar-refractivity contribution is 0.646. The van der Waals surface area contributed by atoms with Crippen LogP contribution in [-0.4, -0.2) is 9.97 Å². The van der Waals surface area contributed by atoms with E-state index >= 15 is 0 Å². The minimum Gasteiger partial charge on any atom is -0.254 e. The maximum absolute atomic E-state index is 4.59. The normalized spacial score (nSPS) is 11.3. The molecule has 1 aromatic carbocycles. The zero-order valence-electron chi connectivity index (χ0n) is 13.7. The first-order chi connectivity index (χ1) is 10.5. The standard InChI is InChI=1S/C20H22N2/c1-13(2)5-16-9-18-10-19(22-12-20(18)21-11-16)17-7-14(3)6-15(4)8-17/h6-13H,5H2,1-4H3. The highest BCUT2D eigenvalue weighted by atomic mass is 14.7. The molecule has 2 aromatic heterocycles. The van der Waals surface area contributed by atoms with Crippen molar-refractivity contribution >= 4 is 10.9 Å². The zero-order valence-corrected chi connectivity index (χ0v) is 13.7. The molecule has 0 saturated carbocycles. The number of benzene rings is 1. The van der Waals surface area contributed by atoms with Crippen molar-refractivity contribution in [2.45, 2.75) is 34.1 Å². The molecule has 0 saturated heterocycles. The summed E-state index contributed by atoms with van der Waals surface area (Å²) in [6.45, 7) is 8.72. The topological polar surface area (TPSA) is 25.8 Å². The van der Waals surface area contributed by atoms with Gasteiger partial charge in [0, 0.05) is 17.1 Å². The van der Waals surface area contributed by atoms with Gasteiger partial charge in [-0.05, 0) is 56.0 Å². The third-order valence-corrected chi connectivity index (χ3v) is 3.79. The highest BCUT2D eigenvalue weighted by molar-refractivity contribution is 5.82. The second-order valence-corrected chi connectivity index (χ2v) is 6.58. The fraction of sp³-hybridized carbons (Fsp3) is 0.300. The Hall–Kier alpha value is -2.22. The number of hydrogen-bond acceptors (Lipinski definition) is 2. The second-order valence-electron chi connectivity index (χ2n) is 6.58. The number of aryl methyl sites for hydroxylation is 2. The van der Waals surface area contributed by atoms with Gasteiger partial charge in [0.1, 0.15) is 0 Å². The third-order valence-electron chi connectivity index (χ3n) is 3.79. The molecule has 2 heteroatoms. The monoisotopic (exact) mass is 290 g/mol. The van der Waals surface area contributed by atoms with Crippen LogP contribution >= 0.6 is 0 Å². The van der Waals surface area contributed by atoms with Crippen LogP contribution < -0.4 is 0 Å². The van der Waals surface area contributed by atoms with Crippen LogP contribution in [0.1, 0.15) is 30.5 Å². The molecule has 0 aliphatic heterocycles. The molecule has 0 unspecified atom stereocenters. The average molecular weight is 290 g/mol. The summed E-state index contributed by atoms with van der Waals surface area (Å²) in [5.74, 6) is 0.639. The Labute approximate surface area is 132 Å². The summed E-state index contributed by atoms with van der Waals surface area (Å²) >= 11 is 0. The molecule has 22 heavy (non-hydrogen) atoms. The minimum absolute atomic E-state index is 0.639. The lowest BCUT2D eigenvalue weighted by Gasteiger charge is -2.08. The zero-order chi connectivity index (χ0) is 15.7. The molecule has 0 fully saturated rings. The average Bonchev–Trinajstić information content (AvgIpc) is 2.45. The summed E-state index contributed by atoms with van der Waals surface area (Å²) in [5.41, 5.74) is 6.98. The quantitative estimate of drug-likeness (QED) is 0.669. The van der Waals surface area contributed by atoms with E-state index in [1.54, 1.807) is 0 Å². The van der Waals surface area contributed by atoms with E-state index in [9.17, 15) is 0 Å². The van der Waals surface area contributed by atoms with Crippen molar-refractivity contribution in [1.82, 2.24) is 9.97 Å². The Balaban J connectivity index is 2.07. The maximum Gasteiger partial charge on any atom is 0.0885 e. The first-order valence-electron chi connectivity index (χ1n) is 7.84. The molecular formula is C20H22N2. The molecule has 2 nitrogen and oxygen atoms in total. The van der Waals surface area contributed by atoms with Crippen molar-refractivity contribution in [3.63, 3.8) is 0 Å². The molecule has 2 heterocycles. The summed E-state index contributed by atoms with van der Waals surface area (Å²) in [6, 6.07) is 11.0. The van der Waals surface area contributed by atoms with Crippen molar-refractivity contribution in [2.75, 3.05) is 0 Å². The van der Waals surface area contributed by atoms with Crippen LogP contribution in [0.25, 0.3) is 22.2 Å². The summed E-state index contributed by atoms with van der Waals surface area (Å²) in [4.78, 5) is 9.13. The van der Waals surface area contributed by atoms with E-state index in [0.29, 0.717) is 5.92 Å². The van der Waals surface area contributed by atoms with Gasteiger partial charge in [-0.25, -0.2) is 0 Å². The van der Waals surface area contributed by atoms with Crippen LogP contribution in [0.3, 0.4) is 0 Å². The lowest BCUT2D eigenvalue weighted by Crippen LogP contribution is -1.95. The van der Waals surface area contributed by atoms with E-state index in [-0.39, 0.29) is 0 Å². The van der Waals surface area contributed by atoms with Crippen molar-refractivity contribution in [1.29, 1.82) is 0 Å². The van der Waals surface area contributed by atoms with Crippen LogP contribution in [0.4, 0.5) is 0 Å². The highest BCUT2D eigenvalue weighted by Crippen LogP contribution is 2.24. The molecule has 0 N–H and O–H groups in total. The first-order valence-corrected chi connectivity index (χ1v) is 7.84. The second kappa shape index (κ2) is 5.88. The Bertz CT molecular complexity index is 799. The molecular weight excluding hydrogens is 268 g/mol. The predicted molar refractivity (Wildman–Crippen MR) is 93.0 cm³/mol. The molecule has 3 rings (SSSR count). The molecule has 3 aromatic rings. The van der Waals surface area contributed by atoms with E-state index < -0.39 is 0 Å². The number of fused-ring (bicyclic) bond motifs is 1. The number of rotatable bonds is 3. The van der Waals surface area contributed by atoms with Crippen LogP contribution in [0.15, 0.2) is 42.7 Å².